The molecule has 30 heavy (non-hydrogen) atoms. The molecule has 0 heterocycles. The van der Waals surface area contributed by atoms with Crippen molar-refractivity contribution < 1.29 is 19.6 Å². The zero-order valence-electron chi connectivity index (χ0n) is 17.3. The Morgan fingerprint density at radius 1 is 0.833 bits per heavy atom. The van der Waals surface area contributed by atoms with Crippen molar-refractivity contribution in [2.75, 3.05) is 0 Å². The second-order valence-corrected chi connectivity index (χ2v) is 7.61. The topological polar surface area (TPSA) is 108 Å². The van der Waals surface area contributed by atoms with E-state index in [2.05, 4.69) is 10.6 Å². The van der Waals surface area contributed by atoms with Gasteiger partial charge in [0.05, 0.1) is 0 Å². The van der Waals surface area contributed by atoms with Crippen molar-refractivity contribution in [1.29, 1.82) is 0 Å². The van der Waals surface area contributed by atoms with Gasteiger partial charge in [-0.3, -0.25) is 19.6 Å². The first kappa shape index (κ1) is 23.1. The lowest BCUT2D eigenvalue weighted by atomic mass is 9.94. The molecule has 2 aromatic rings. The van der Waals surface area contributed by atoms with Gasteiger partial charge < -0.3 is 10.6 Å². The molecule has 2 aromatic carbocycles. The molecular formula is C23H29N3O4. The van der Waals surface area contributed by atoms with E-state index in [1.54, 1.807) is 5.48 Å². The van der Waals surface area contributed by atoms with Crippen LogP contribution in [0.5, 0.6) is 0 Å². The van der Waals surface area contributed by atoms with E-state index in [9.17, 15) is 14.4 Å². The third-order valence-corrected chi connectivity index (χ3v) is 4.68. The van der Waals surface area contributed by atoms with Crippen molar-refractivity contribution in [3.05, 3.63) is 71.8 Å². The Kier molecular flexibility index (Phi) is 9.03. The highest BCUT2D eigenvalue weighted by Gasteiger charge is 2.31. The van der Waals surface area contributed by atoms with Crippen molar-refractivity contribution in [2.24, 2.45) is 11.8 Å². The first-order valence-corrected chi connectivity index (χ1v) is 10.0. The molecule has 0 fully saturated rings. The van der Waals surface area contributed by atoms with Crippen molar-refractivity contribution in [3.63, 3.8) is 0 Å². The minimum Gasteiger partial charge on any atom is -0.350 e. The molecule has 7 nitrogen and oxygen atoms in total. The Morgan fingerprint density at radius 2 is 1.40 bits per heavy atom. The Morgan fingerprint density at radius 3 is 1.93 bits per heavy atom. The molecule has 0 saturated carbocycles. The molecule has 2 atom stereocenters. The van der Waals surface area contributed by atoms with Crippen LogP contribution in [0.3, 0.4) is 0 Å². The van der Waals surface area contributed by atoms with Gasteiger partial charge in [0, 0.05) is 13.0 Å². The highest BCUT2D eigenvalue weighted by Crippen LogP contribution is 2.13. The summed E-state index contributed by atoms with van der Waals surface area (Å²) in [5.74, 6) is -2.76. The first-order valence-electron chi connectivity index (χ1n) is 10.0. The lowest BCUT2D eigenvalue weighted by Gasteiger charge is -2.22. The molecule has 0 aliphatic carbocycles. The highest BCUT2D eigenvalue weighted by atomic mass is 16.5. The molecule has 0 radical (unpaired) electrons. The summed E-state index contributed by atoms with van der Waals surface area (Å²) in [5, 5.41) is 14.5. The second kappa shape index (κ2) is 11.7. The van der Waals surface area contributed by atoms with Gasteiger partial charge in [-0.2, -0.15) is 0 Å². The molecule has 7 heteroatoms. The third kappa shape index (κ3) is 7.33. The van der Waals surface area contributed by atoms with Gasteiger partial charge in [0.15, 0.2) is 0 Å². The number of amides is 3. The van der Waals surface area contributed by atoms with Crippen molar-refractivity contribution in [1.82, 2.24) is 16.1 Å². The molecule has 0 bridgehead atoms. The fraction of sp³-hybridized carbons (Fsp3) is 0.348. The molecule has 0 aromatic heterocycles. The number of hydrogen-bond donors (Lipinski definition) is 4. The summed E-state index contributed by atoms with van der Waals surface area (Å²) in [6.45, 7) is 4.07. The first-order chi connectivity index (χ1) is 14.4. The summed E-state index contributed by atoms with van der Waals surface area (Å²) in [7, 11) is 0. The van der Waals surface area contributed by atoms with Gasteiger partial charge in [0.25, 0.3) is 5.91 Å². The molecule has 4 N–H and O–H groups in total. The largest absolute Gasteiger partial charge is 0.350 e. The van der Waals surface area contributed by atoms with Gasteiger partial charge in [-0.05, 0) is 23.5 Å². The Bertz CT molecular complexity index is 825. The van der Waals surface area contributed by atoms with Crippen LogP contribution in [0.15, 0.2) is 60.7 Å². The van der Waals surface area contributed by atoms with Crippen LogP contribution in [0.25, 0.3) is 0 Å². The number of carbonyl (C=O) groups excluding carboxylic acids is 3. The molecule has 3 amide bonds. The van der Waals surface area contributed by atoms with Crippen LogP contribution in [-0.4, -0.2) is 29.0 Å². The lowest BCUT2D eigenvalue weighted by molar-refractivity contribution is -0.142. The highest BCUT2D eigenvalue weighted by molar-refractivity contribution is 6.01. The van der Waals surface area contributed by atoms with Crippen LogP contribution in [0.4, 0.5) is 0 Å². The predicted octanol–water partition coefficient (Wildman–Crippen LogP) is 2.20. The Hall–Kier alpha value is -3.19. The average molecular weight is 412 g/mol. The van der Waals surface area contributed by atoms with E-state index in [4.69, 9.17) is 5.21 Å². The van der Waals surface area contributed by atoms with E-state index in [1.807, 2.05) is 74.5 Å². The van der Waals surface area contributed by atoms with Crippen molar-refractivity contribution in [2.45, 2.75) is 39.3 Å². The number of hydrogen-bond acceptors (Lipinski definition) is 4. The zero-order chi connectivity index (χ0) is 21.9. The quantitative estimate of drug-likeness (QED) is 0.273. The number of hydroxylamine groups is 1. The monoisotopic (exact) mass is 411 g/mol. The van der Waals surface area contributed by atoms with Crippen LogP contribution in [0, 0.1) is 11.8 Å². The minimum atomic E-state index is -1.09. The number of rotatable bonds is 10. The van der Waals surface area contributed by atoms with E-state index in [1.165, 1.54) is 0 Å². The second-order valence-electron chi connectivity index (χ2n) is 7.61. The van der Waals surface area contributed by atoms with Crippen molar-refractivity contribution in [3.8, 4) is 0 Å². The smallest absolute Gasteiger partial charge is 0.255 e. The van der Waals surface area contributed by atoms with Crippen LogP contribution in [0.2, 0.25) is 0 Å². The molecule has 0 aliphatic rings. The average Bonchev–Trinajstić information content (AvgIpc) is 2.76. The lowest BCUT2D eigenvalue weighted by Crippen LogP contribution is -2.51. The van der Waals surface area contributed by atoms with Crippen LogP contribution in [-0.2, 0) is 27.3 Å². The summed E-state index contributed by atoms with van der Waals surface area (Å²) < 4.78 is 0. The van der Waals surface area contributed by atoms with Crippen LogP contribution >= 0.6 is 0 Å². The molecular weight excluding hydrogens is 382 g/mol. The zero-order valence-corrected chi connectivity index (χ0v) is 17.3. The van der Waals surface area contributed by atoms with Gasteiger partial charge >= 0.3 is 0 Å². The maximum atomic E-state index is 12.9. The number of carbonyl (C=O) groups is 3. The summed E-state index contributed by atoms with van der Waals surface area (Å²) >= 11 is 0. The molecule has 2 rings (SSSR count). The molecule has 160 valence electrons. The fourth-order valence-electron chi connectivity index (χ4n) is 3.12. The molecule has 0 aliphatic heterocycles. The maximum Gasteiger partial charge on any atom is 0.255 e. The minimum absolute atomic E-state index is 0.0533. The third-order valence-electron chi connectivity index (χ3n) is 4.68. The molecule has 1 unspecified atom stereocenters. The standard InChI is InChI=1S/C23H29N3O4/c1-16(2)13-19(22(28)26-30)21(27)25-20(14-17-9-5-3-6-10-17)23(29)24-15-18-11-7-4-8-12-18/h3-12,16,19-20,30H,13-15H2,1-2H3,(H,24,29)(H,25,27)(H,26,28)/t19?,20-/m0/s1. The summed E-state index contributed by atoms with van der Waals surface area (Å²) in [5.41, 5.74) is 3.37. The summed E-state index contributed by atoms with van der Waals surface area (Å²) in [4.78, 5) is 37.6. The van der Waals surface area contributed by atoms with Gasteiger partial charge in [-0.15, -0.1) is 0 Å². The maximum absolute atomic E-state index is 12.9. The molecule has 0 saturated heterocycles. The Balaban J connectivity index is 2.14. The molecule has 0 spiro atoms. The van der Waals surface area contributed by atoms with Gasteiger partial charge in [-0.1, -0.05) is 74.5 Å². The van der Waals surface area contributed by atoms with Gasteiger partial charge in [0.2, 0.25) is 11.8 Å². The summed E-state index contributed by atoms with van der Waals surface area (Å²) in [6, 6.07) is 17.9. The van der Waals surface area contributed by atoms with E-state index in [0.29, 0.717) is 6.54 Å². The van der Waals surface area contributed by atoms with E-state index in [0.717, 1.165) is 11.1 Å². The number of benzene rings is 2. The van der Waals surface area contributed by atoms with E-state index in [-0.39, 0.29) is 24.7 Å². The van der Waals surface area contributed by atoms with Gasteiger partial charge in [-0.25, -0.2) is 5.48 Å². The van der Waals surface area contributed by atoms with E-state index < -0.39 is 23.8 Å². The van der Waals surface area contributed by atoms with Crippen LogP contribution < -0.4 is 16.1 Å². The number of nitrogens with one attached hydrogen (secondary N) is 3. The van der Waals surface area contributed by atoms with E-state index >= 15 is 0 Å². The summed E-state index contributed by atoms with van der Waals surface area (Å²) in [6.07, 6.45) is 0.532. The van der Waals surface area contributed by atoms with Crippen molar-refractivity contribution >= 4 is 17.7 Å². The van der Waals surface area contributed by atoms with Crippen LogP contribution in [0.1, 0.15) is 31.4 Å². The Labute approximate surface area is 176 Å². The normalized spacial score (nSPS) is 12.7. The predicted molar refractivity (Wildman–Crippen MR) is 113 cm³/mol. The van der Waals surface area contributed by atoms with Gasteiger partial charge in [0.1, 0.15) is 12.0 Å². The fourth-order valence-corrected chi connectivity index (χ4v) is 3.12. The SMILES string of the molecule is CC(C)CC(C(=O)NO)C(=O)N[C@@H](Cc1ccccc1)C(=O)NCc1ccccc1.